The fourth-order valence-electron chi connectivity index (χ4n) is 2.00. The molecule has 1 aromatic heterocycles. The molecule has 0 fully saturated rings. The molecule has 2 N–H and O–H groups in total. The summed E-state index contributed by atoms with van der Waals surface area (Å²) in [7, 11) is 0. The Balaban J connectivity index is 1.98. The van der Waals surface area contributed by atoms with E-state index >= 15 is 0 Å². The van der Waals surface area contributed by atoms with Crippen LogP contribution in [-0.2, 0) is 9.53 Å². The first kappa shape index (κ1) is 18.6. The molecule has 2 aromatic rings. The van der Waals surface area contributed by atoms with Gasteiger partial charge in [-0.2, -0.15) is 0 Å². The zero-order valence-electron chi connectivity index (χ0n) is 14.0. The van der Waals surface area contributed by atoms with Crippen molar-refractivity contribution < 1.29 is 19.1 Å². The summed E-state index contributed by atoms with van der Waals surface area (Å²) in [6.45, 7) is 3.60. The van der Waals surface area contributed by atoms with Gasteiger partial charge in [-0.15, -0.1) is 11.3 Å². The van der Waals surface area contributed by atoms with Crippen LogP contribution in [0.15, 0.2) is 30.3 Å². The van der Waals surface area contributed by atoms with Gasteiger partial charge in [0.25, 0.3) is 5.91 Å². The van der Waals surface area contributed by atoms with Crippen molar-refractivity contribution in [3.63, 3.8) is 0 Å². The second-order valence-electron chi connectivity index (χ2n) is 5.16. The summed E-state index contributed by atoms with van der Waals surface area (Å²) in [5, 5.41) is 5.31. The standard InChI is InChI=1S/C17H19N3O4S/c1-3-9-18-17(23)20-13(21)10-24-16(22)15-14(19-11(2)25-15)12-7-5-4-6-8-12/h4-8H,3,9-10H2,1-2H3,(H2,18,20,21,23). The highest BCUT2D eigenvalue weighted by Gasteiger charge is 2.20. The molecule has 8 heteroatoms. The van der Waals surface area contributed by atoms with Crippen molar-refractivity contribution in [2.45, 2.75) is 20.3 Å². The van der Waals surface area contributed by atoms with Crippen LogP contribution in [0.1, 0.15) is 28.0 Å². The Labute approximate surface area is 149 Å². The maximum atomic E-state index is 12.3. The number of esters is 1. The summed E-state index contributed by atoms with van der Waals surface area (Å²) >= 11 is 1.20. The Kier molecular flexibility index (Phi) is 6.64. The third-order valence-corrected chi connectivity index (χ3v) is 4.04. The number of thiazole rings is 1. The number of carbonyl (C=O) groups is 3. The van der Waals surface area contributed by atoms with Crippen LogP contribution in [0.3, 0.4) is 0 Å². The molecule has 0 bridgehead atoms. The van der Waals surface area contributed by atoms with Gasteiger partial charge in [-0.3, -0.25) is 10.1 Å². The fourth-order valence-corrected chi connectivity index (χ4v) is 2.83. The SMILES string of the molecule is CCCNC(=O)NC(=O)COC(=O)c1sc(C)nc1-c1ccccc1. The zero-order valence-corrected chi connectivity index (χ0v) is 14.8. The predicted octanol–water partition coefficient (Wildman–Crippen LogP) is 2.51. The minimum Gasteiger partial charge on any atom is -0.451 e. The maximum Gasteiger partial charge on any atom is 0.351 e. The van der Waals surface area contributed by atoms with E-state index in [1.165, 1.54) is 11.3 Å². The van der Waals surface area contributed by atoms with Gasteiger partial charge in [-0.1, -0.05) is 37.3 Å². The van der Waals surface area contributed by atoms with Crippen molar-refractivity contribution in [1.82, 2.24) is 15.6 Å². The topological polar surface area (TPSA) is 97.4 Å². The zero-order chi connectivity index (χ0) is 18.2. The molecule has 25 heavy (non-hydrogen) atoms. The van der Waals surface area contributed by atoms with Gasteiger partial charge >= 0.3 is 12.0 Å². The fraction of sp³-hybridized carbons (Fsp3) is 0.294. The third-order valence-electron chi connectivity index (χ3n) is 3.09. The molecule has 1 aromatic carbocycles. The molecule has 0 aliphatic heterocycles. The average molecular weight is 361 g/mol. The molecule has 0 atom stereocenters. The van der Waals surface area contributed by atoms with E-state index in [4.69, 9.17) is 4.74 Å². The van der Waals surface area contributed by atoms with Gasteiger partial charge in [-0.05, 0) is 13.3 Å². The summed E-state index contributed by atoms with van der Waals surface area (Å²) in [5.74, 6) is -1.34. The number of hydrogen-bond acceptors (Lipinski definition) is 6. The monoisotopic (exact) mass is 361 g/mol. The number of amides is 3. The Bertz CT molecular complexity index is 759. The van der Waals surface area contributed by atoms with Crippen LogP contribution < -0.4 is 10.6 Å². The number of ether oxygens (including phenoxy) is 1. The predicted molar refractivity (Wildman–Crippen MR) is 94.4 cm³/mol. The van der Waals surface area contributed by atoms with Crippen molar-refractivity contribution in [3.8, 4) is 11.3 Å². The highest BCUT2D eigenvalue weighted by molar-refractivity contribution is 7.14. The molecular weight excluding hydrogens is 342 g/mol. The minimum absolute atomic E-state index is 0.326. The third kappa shape index (κ3) is 5.39. The van der Waals surface area contributed by atoms with Crippen molar-refractivity contribution >= 4 is 29.2 Å². The first-order valence-corrected chi connectivity index (χ1v) is 8.60. The number of rotatable bonds is 6. The van der Waals surface area contributed by atoms with Gasteiger partial charge in [0.1, 0.15) is 4.88 Å². The molecule has 0 radical (unpaired) electrons. The lowest BCUT2D eigenvalue weighted by atomic mass is 10.1. The van der Waals surface area contributed by atoms with Crippen molar-refractivity contribution in [2.24, 2.45) is 0 Å². The molecule has 1 heterocycles. The molecule has 0 saturated heterocycles. The molecule has 0 unspecified atom stereocenters. The van der Waals surface area contributed by atoms with Gasteiger partial charge in [-0.25, -0.2) is 14.6 Å². The molecule has 7 nitrogen and oxygen atoms in total. The van der Waals surface area contributed by atoms with E-state index in [9.17, 15) is 14.4 Å². The number of aryl methyl sites for hydroxylation is 1. The molecule has 2 rings (SSSR count). The number of imide groups is 1. The van der Waals surface area contributed by atoms with E-state index in [0.717, 1.165) is 12.0 Å². The summed E-state index contributed by atoms with van der Waals surface area (Å²) in [5.41, 5.74) is 1.32. The van der Waals surface area contributed by atoms with E-state index in [2.05, 4.69) is 15.6 Å². The molecule has 0 aliphatic rings. The quantitative estimate of drug-likeness (QED) is 0.771. The average Bonchev–Trinajstić information content (AvgIpc) is 3.00. The lowest BCUT2D eigenvalue weighted by Gasteiger charge is -2.07. The van der Waals surface area contributed by atoms with Crippen LogP contribution in [-0.4, -0.2) is 36.0 Å². The second kappa shape index (κ2) is 8.93. The molecule has 0 aliphatic carbocycles. The number of aromatic nitrogens is 1. The van der Waals surface area contributed by atoms with Crippen molar-refractivity contribution in [1.29, 1.82) is 0 Å². The minimum atomic E-state index is -0.690. The highest BCUT2D eigenvalue weighted by Crippen LogP contribution is 2.28. The van der Waals surface area contributed by atoms with Gasteiger partial charge < -0.3 is 10.1 Å². The van der Waals surface area contributed by atoms with E-state index in [0.29, 0.717) is 22.1 Å². The van der Waals surface area contributed by atoms with Crippen LogP contribution in [0.5, 0.6) is 0 Å². The Hall–Kier alpha value is -2.74. The van der Waals surface area contributed by atoms with Crippen molar-refractivity contribution in [3.05, 3.63) is 40.2 Å². The number of urea groups is 1. The Morgan fingerprint density at radius 1 is 1.20 bits per heavy atom. The highest BCUT2D eigenvalue weighted by atomic mass is 32.1. The summed E-state index contributed by atoms with van der Waals surface area (Å²) in [4.78, 5) is 40.0. The summed E-state index contributed by atoms with van der Waals surface area (Å²) < 4.78 is 5.01. The first-order chi connectivity index (χ1) is 12.0. The Morgan fingerprint density at radius 3 is 2.60 bits per heavy atom. The summed E-state index contributed by atoms with van der Waals surface area (Å²) in [6.07, 6.45) is 0.754. The number of nitrogens with one attached hydrogen (secondary N) is 2. The number of benzene rings is 1. The van der Waals surface area contributed by atoms with E-state index in [-0.39, 0.29) is 0 Å². The van der Waals surface area contributed by atoms with E-state index in [1.807, 2.05) is 37.3 Å². The number of hydrogen-bond donors (Lipinski definition) is 2. The Morgan fingerprint density at radius 2 is 1.92 bits per heavy atom. The lowest BCUT2D eigenvalue weighted by Crippen LogP contribution is -2.41. The molecular formula is C17H19N3O4S. The van der Waals surface area contributed by atoms with Crippen LogP contribution in [0.2, 0.25) is 0 Å². The molecule has 132 valence electrons. The largest absolute Gasteiger partial charge is 0.451 e. The van der Waals surface area contributed by atoms with Crippen LogP contribution in [0.25, 0.3) is 11.3 Å². The number of nitrogens with zero attached hydrogens (tertiary/aromatic N) is 1. The van der Waals surface area contributed by atoms with E-state index < -0.39 is 24.5 Å². The normalized spacial score (nSPS) is 10.2. The second-order valence-corrected chi connectivity index (χ2v) is 6.36. The molecule has 3 amide bonds. The number of carbonyl (C=O) groups excluding carboxylic acids is 3. The smallest absolute Gasteiger partial charge is 0.351 e. The van der Waals surface area contributed by atoms with Gasteiger partial charge in [0.2, 0.25) is 0 Å². The van der Waals surface area contributed by atoms with Crippen LogP contribution in [0.4, 0.5) is 4.79 Å². The van der Waals surface area contributed by atoms with Gasteiger partial charge in [0.05, 0.1) is 10.7 Å². The van der Waals surface area contributed by atoms with Crippen molar-refractivity contribution in [2.75, 3.05) is 13.2 Å². The summed E-state index contributed by atoms with van der Waals surface area (Å²) in [6, 6.07) is 8.64. The van der Waals surface area contributed by atoms with Gasteiger partial charge in [0, 0.05) is 12.1 Å². The molecule has 0 spiro atoms. The lowest BCUT2D eigenvalue weighted by molar-refractivity contribution is -0.123. The van der Waals surface area contributed by atoms with E-state index in [1.54, 1.807) is 6.92 Å². The first-order valence-electron chi connectivity index (χ1n) is 7.79. The maximum absolute atomic E-state index is 12.3. The van der Waals surface area contributed by atoms with Gasteiger partial charge in [0.15, 0.2) is 6.61 Å². The van der Waals surface area contributed by atoms with Crippen LogP contribution >= 0.6 is 11.3 Å². The van der Waals surface area contributed by atoms with Crippen LogP contribution in [0, 0.1) is 6.92 Å². The molecule has 0 saturated carbocycles.